The number of halogens is 1. The monoisotopic (exact) mass is 246 g/mol. The summed E-state index contributed by atoms with van der Waals surface area (Å²) in [4.78, 5) is 0. The molecule has 3 rings (SSSR count). The van der Waals surface area contributed by atoms with Crippen LogP contribution < -0.4 is 4.74 Å². The fourth-order valence-electron chi connectivity index (χ4n) is 2.36. The van der Waals surface area contributed by atoms with Gasteiger partial charge in [0.15, 0.2) is 0 Å². The first kappa shape index (κ1) is 10.9. The third-order valence-electron chi connectivity index (χ3n) is 3.47. The summed E-state index contributed by atoms with van der Waals surface area (Å²) in [5.41, 5.74) is 1.24. The molecule has 2 aromatic carbocycles. The topological polar surface area (TPSA) is 9.23 Å². The molecule has 0 aromatic heterocycles. The fourth-order valence-corrected chi connectivity index (χ4v) is 2.80. The van der Waals surface area contributed by atoms with Crippen molar-refractivity contribution < 1.29 is 4.74 Å². The van der Waals surface area contributed by atoms with Crippen LogP contribution in [0.15, 0.2) is 36.4 Å². The quantitative estimate of drug-likeness (QED) is 0.723. The Morgan fingerprint density at radius 2 is 1.82 bits per heavy atom. The van der Waals surface area contributed by atoms with Gasteiger partial charge < -0.3 is 4.74 Å². The van der Waals surface area contributed by atoms with Gasteiger partial charge in [-0.3, -0.25) is 0 Å². The molecule has 1 aliphatic carbocycles. The lowest BCUT2D eigenvalue weighted by atomic mass is 9.99. The molecule has 0 amide bonds. The van der Waals surface area contributed by atoms with Crippen LogP contribution in [-0.2, 0) is 0 Å². The number of ether oxygens (including phenoxy) is 1. The molecule has 1 aliphatic rings. The van der Waals surface area contributed by atoms with Crippen molar-refractivity contribution in [1.29, 1.82) is 0 Å². The van der Waals surface area contributed by atoms with Crippen molar-refractivity contribution in [3.63, 3.8) is 0 Å². The van der Waals surface area contributed by atoms with E-state index in [1.54, 1.807) is 7.11 Å². The van der Waals surface area contributed by atoms with Crippen molar-refractivity contribution in [1.82, 2.24) is 0 Å². The summed E-state index contributed by atoms with van der Waals surface area (Å²) < 4.78 is 5.40. The van der Waals surface area contributed by atoms with Gasteiger partial charge in [-0.15, -0.1) is 11.6 Å². The largest absolute Gasteiger partial charge is 0.496 e. The average Bonchev–Trinajstić information content (AvgIpc) is 3.21. The van der Waals surface area contributed by atoms with Gasteiger partial charge in [0, 0.05) is 5.39 Å². The molecule has 2 aromatic rings. The Kier molecular flexibility index (Phi) is 2.71. The Morgan fingerprint density at radius 3 is 2.47 bits per heavy atom. The van der Waals surface area contributed by atoms with Gasteiger partial charge in [-0.2, -0.15) is 0 Å². The summed E-state index contributed by atoms with van der Waals surface area (Å²) in [6.07, 6.45) is 2.52. The number of hydrogen-bond donors (Lipinski definition) is 0. The third kappa shape index (κ3) is 1.89. The Bertz CT molecular complexity index is 546. The van der Waals surface area contributed by atoms with Crippen LogP contribution in [0.4, 0.5) is 0 Å². The molecule has 1 fully saturated rings. The smallest absolute Gasteiger partial charge is 0.126 e. The van der Waals surface area contributed by atoms with Gasteiger partial charge in [0.25, 0.3) is 0 Å². The second kappa shape index (κ2) is 4.23. The van der Waals surface area contributed by atoms with Gasteiger partial charge >= 0.3 is 0 Å². The molecule has 1 saturated carbocycles. The molecule has 0 bridgehead atoms. The highest BCUT2D eigenvalue weighted by Crippen LogP contribution is 2.47. The molecule has 0 aliphatic heterocycles. The average molecular weight is 247 g/mol. The van der Waals surface area contributed by atoms with E-state index in [1.807, 2.05) is 12.1 Å². The fraction of sp³-hybridized carbons (Fsp3) is 0.333. The number of hydrogen-bond acceptors (Lipinski definition) is 1. The summed E-state index contributed by atoms with van der Waals surface area (Å²) in [5, 5.41) is 2.52. The summed E-state index contributed by atoms with van der Waals surface area (Å²) in [7, 11) is 1.71. The second-order valence-electron chi connectivity index (χ2n) is 4.64. The van der Waals surface area contributed by atoms with Gasteiger partial charge in [-0.1, -0.05) is 30.3 Å². The highest BCUT2D eigenvalue weighted by Gasteiger charge is 2.31. The zero-order chi connectivity index (χ0) is 11.8. The molecule has 0 saturated heterocycles. The van der Waals surface area contributed by atoms with E-state index in [4.69, 9.17) is 16.3 Å². The maximum Gasteiger partial charge on any atom is 0.126 e. The molecule has 0 N–H and O–H groups in total. The van der Waals surface area contributed by atoms with Crippen LogP contribution in [0.3, 0.4) is 0 Å². The molecular weight excluding hydrogens is 232 g/mol. The number of fused-ring (bicyclic) bond motifs is 1. The van der Waals surface area contributed by atoms with Crippen LogP contribution in [0, 0.1) is 5.92 Å². The van der Waals surface area contributed by atoms with Crippen molar-refractivity contribution in [3.8, 4) is 5.75 Å². The van der Waals surface area contributed by atoms with E-state index in [-0.39, 0.29) is 5.38 Å². The number of alkyl halides is 1. The molecule has 1 atom stereocenters. The SMILES string of the molecule is COc1ccc(C(Cl)C2CC2)c2ccccc12. The molecule has 0 radical (unpaired) electrons. The van der Waals surface area contributed by atoms with E-state index in [1.165, 1.54) is 23.8 Å². The summed E-state index contributed by atoms with van der Waals surface area (Å²) in [5.74, 6) is 1.58. The molecule has 1 unspecified atom stereocenters. The number of benzene rings is 2. The summed E-state index contributed by atoms with van der Waals surface area (Å²) in [6.45, 7) is 0. The number of rotatable bonds is 3. The predicted molar refractivity (Wildman–Crippen MR) is 71.8 cm³/mol. The standard InChI is InChI=1S/C15H15ClO/c1-17-14-9-8-13(15(16)10-6-7-10)11-4-2-3-5-12(11)14/h2-5,8-10,15H,6-7H2,1H3. The highest BCUT2D eigenvalue weighted by molar-refractivity contribution is 6.22. The first-order chi connectivity index (χ1) is 8.31. The van der Waals surface area contributed by atoms with Crippen LogP contribution in [0.2, 0.25) is 0 Å². The van der Waals surface area contributed by atoms with E-state index in [2.05, 4.69) is 24.3 Å². The minimum atomic E-state index is 0.144. The van der Waals surface area contributed by atoms with Crippen LogP contribution >= 0.6 is 11.6 Å². The minimum absolute atomic E-state index is 0.144. The normalized spacial score (nSPS) is 17.1. The Labute approximate surface area is 106 Å². The van der Waals surface area contributed by atoms with Gasteiger partial charge in [0.05, 0.1) is 12.5 Å². The van der Waals surface area contributed by atoms with Crippen molar-refractivity contribution in [3.05, 3.63) is 42.0 Å². The maximum atomic E-state index is 6.54. The van der Waals surface area contributed by atoms with E-state index in [0.29, 0.717) is 5.92 Å². The van der Waals surface area contributed by atoms with Crippen molar-refractivity contribution in [2.45, 2.75) is 18.2 Å². The summed E-state index contributed by atoms with van der Waals surface area (Å²) in [6, 6.07) is 12.4. The van der Waals surface area contributed by atoms with Gasteiger partial charge in [0.1, 0.15) is 5.75 Å². The molecule has 17 heavy (non-hydrogen) atoms. The minimum Gasteiger partial charge on any atom is -0.496 e. The van der Waals surface area contributed by atoms with E-state index in [9.17, 15) is 0 Å². The highest BCUT2D eigenvalue weighted by atomic mass is 35.5. The van der Waals surface area contributed by atoms with Gasteiger partial charge in [-0.25, -0.2) is 0 Å². The van der Waals surface area contributed by atoms with E-state index < -0.39 is 0 Å². The molecular formula is C15H15ClO. The first-order valence-electron chi connectivity index (χ1n) is 6.01. The zero-order valence-electron chi connectivity index (χ0n) is 9.82. The van der Waals surface area contributed by atoms with E-state index in [0.717, 1.165) is 11.1 Å². The number of methoxy groups -OCH3 is 1. The Balaban J connectivity index is 2.18. The molecule has 1 nitrogen and oxygen atoms in total. The van der Waals surface area contributed by atoms with Crippen LogP contribution in [0.5, 0.6) is 5.75 Å². The van der Waals surface area contributed by atoms with Crippen molar-refractivity contribution >= 4 is 22.4 Å². The van der Waals surface area contributed by atoms with Crippen LogP contribution in [-0.4, -0.2) is 7.11 Å². The Morgan fingerprint density at radius 1 is 1.12 bits per heavy atom. The van der Waals surface area contributed by atoms with Crippen LogP contribution in [0.25, 0.3) is 10.8 Å². The molecule has 2 heteroatoms. The predicted octanol–water partition coefficient (Wildman–Crippen LogP) is 4.54. The molecule has 0 spiro atoms. The lowest BCUT2D eigenvalue weighted by Crippen LogP contribution is -1.95. The van der Waals surface area contributed by atoms with Crippen molar-refractivity contribution in [2.75, 3.05) is 7.11 Å². The lowest BCUT2D eigenvalue weighted by Gasteiger charge is -2.14. The first-order valence-corrected chi connectivity index (χ1v) is 6.44. The Hall–Kier alpha value is -1.21. The van der Waals surface area contributed by atoms with E-state index >= 15 is 0 Å². The van der Waals surface area contributed by atoms with Gasteiger partial charge in [-0.05, 0) is 35.8 Å². The second-order valence-corrected chi connectivity index (χ2v) is 5.11. The third-order valence-corrected chi connectivity index (χ3v) is 4.06. The zero-order valence-corrected chi connectivity index (χ0v) is 10.6. The molecule has 88 valence electrons. The summed E-state index contributed by atoms with van der Waals surface area (Å²) >= 11 is 6.54. The molecule has 0 heterocycles. The lowest BCUT2D eigenvalue weighted by molar-refractivity contribution is 0.419. The maximum absolute atomic E-state index is 6.54. The van der Waals surface area contributed by atoms with Crippen molar-refractivity contribution in [2.24, 2.45) is 5.92 Å². The van der Waals surface area contributed by atoms with Gasteiger partial charge in [0.2, 0.25) is 0 Å². The van der Waals surface area contributed by atoms with Crippen LogP contribution in [0.1, 0.15) is 23.8 Å².